The molecule has 2 heteroatoms. The first-order valence-electron chi connectivity index (χ1n) is 5.03. The summed E-state index contributed by atoms with van der Waals surface area (Å²) in [6.45, 7) is 2.38. The van der Waals surface area contributed by atoms with E-state index in [1.54, 1.807) is 0 Å². The lowest BCUT2D eigenvalue weighted by molar-refractivity contribution is 0.444. The highest BCUT2D eigenvalue weighted by Gasteiger charge is 2.55. The zero-order valence-electron chi connectivity index (χ0n) is 7.66. The van der Waals surface area contributed by atoms with E-state index in [4.69, 9.17) is 0 Å². The molecule has 2 atom stereocenters. The van der Waals surface area contributed by atoms with Gasteiger partial charge in [-0.3, -0.25) is 4.98 Å². The van der Waals surface area contributed by atoms with Crippen LogP contribution >= 0.6 is 0 Å². The van der Waals surface area contributed by atoms with Crippen LogP contribution in [0.25, 0.3) is 0 Å². The molecule has 0 spiro atoms. The lowest BCUT2D eigenvalue weighted by Gasteiger charge is -2.22. The van der Waals surface area contributed by atoms with Crippen LogP contribution in [0.3, 0.4) is 0 Å². The second-order valence-electron chi connectivity index (χ2n) is 4.25. The van der Waals surface area contributed by atoms with Gasteiger partial charge in [-0.2, -0.15) is 0 Å². The number of piperidine rings is 1. The summed E-state index contributed by atoms with van der Waals surface area (Å²) in [7, 11) is 0. The van der Waals surface area contributed by atoms with Crippen LogP contribution in [0.4, 0.5) is 0 Å². The second-order valence-corrected chi connectivity index (χ2v) is 4.25. The molecule has 2 unspecified atom stereocenters. The molecule has 68 valence electrons. The van der Waals surface area contributed by atoms with E-state index in [2.05, 4.69) is 22.4 Å². The van der Waals surface area contributed by atoms with Crippen molar-refractivity contribution in [2.75, 3.05) is 13.1 Å². The Bertz CT molecular complexity index is 309. The maximum atomic E-state index is 4.21. The van der Waals surface area contributed by atoms with Crippen LogP contribution in [-0.2, 0) is 5.41 Å². The van der Waals surface area contributed by atoms with Gasteiger partial charge in [-0.15, -0.1) is 0 Å². The van der Waals surface area contributed by atoms with Crippen molar-refractivity contribution in [1.82, 2.24) is 10.3 Å². The summed E-state index contributed by atoms with van der Waals surface area (Å²) < 4.78 is 0. The monoisotopic (exact) mass is 174 g/mol. The first kappa shape index (κ1) is 7.51. The summed E-state index contributed by atoms with van der Waals surface area (Å²) in [5, 5.41) is 3.45. The molecule has 1 saturated heterocycles. The molecule has 0 bridgehead atoms. The normalized spacial score (nSPS) is 36.8. The third kappa shape index (κ3) is 1.02. The maximum Gasteiger partial charge on any atom is 0.0305 e. The number of nitrogens with zero attached hydrogens (tertiary/aromatic N) is 1. The van der Waals surface area contributed by atoms with E-state index >= 15 is 0 Å². The molecule has 2 nitrogen and oxygen atoms in total. The van der Waals surface area contributed by atoms with Crippen LogP contribution in [-0.4, -0.2) is 18.1 Å². The molecule has 0 amide bonds. The summed E-state index contributed by atoms with van der Waals surface area (Å²) in [6.07, 6.45) is 6.57. The zero-order valence-corrected chi connectivity index (χ0v) is 7.66. The number of rotatable bonds is 1. The van der Waals surface area contributed by atoms with E-state index in [1.807, 2.05) is 12.4 Å². The van der Waals surface area contributed by atoms with E-state index in [1.165, 1.54) is 31.5 Å². The molecule has 2 heterocycles. The fourth-order valence-electron chi connectivity index (χ4n) is 2.70. The number of hydrogen-bond donors (Lipinski definition) is 1. The van der Waals surface area contributed by atoms with Gasteiger partial charge in [0, 0.05) is 17.8 Å². The molecule has 1 aromatic heterocycles. The van der Waals surface area contributed by atoms with Crippen molar-refractivity contribution < 1.29 is 0 Å². The number of hydrogen-bond acceptors (Lipinski definition) is 2. The highest BCUT2D eigenvalue weighted by molar-refractivity contribution is 5.32. The number of fused-ring (bicyclic) bond motifs is 1. The Balaban J connectivity index is 1.94. The van der Waals surface area contributed by atoms with E-state index in [9.17, 15) is 0 Å². The third-order valence-electron chi connectivity index (χ3n) is 3.61. The summed E-state index contributed by atoms with van der Waals surface area (Å²) in [5.74, 6) is 0.880. The first-order valence-corrected chi connectivity index (χ1v) is 5.03. The minimum absolute atomic E-state index is 0.513. The van der Waals surface area contributed by atoms with Crippen LogP contribution in [0.1, 0.15) is 18.4 Å². The average molecular weight is 174 g/mol. The molecular weight excluding hydrogens is 160 g/mol. The van der Waals surface area contributed by atoms with Gasteiger partial charge in [0.2, 0.25) is 0 Å². The van der Waals surface area contributed by atoms with Gasteiger partial charge >= 0.3 is 0 Å². The van der Waals surface area contributed by atoms with E-state index in [0.717, 1.165) is 5.92 Å². The summed E-state index contributed by atoms with van der Waals surface area (Å²) in [6, 6.07) is 4.29. The molecule has 1 saturated carbocycles. The van der Waals surface area contributed by atoms with Gasteiger partial charge in [-0.05, 0) is 43.5 Å². The largest absolute Gasteiger partial charge is 0.316 e. The molecular formula is C11H14N2. The average Bonchev–Trinajstić information content (AvgIpc) is 2.94. The molecule has 1 aromatic rings. The molecule has 13 heavy (non-hydrogen) atoms. The molecule has 0 aromatic carbocycles. The van der Waals surface area contributed by atoms with Crippen molar-refractivity contribution in [1.29, 1.82) is 0 Å². The Labute approximate surface area is 78.4 Å². The van der Waals surface area contributed by atoms with Gasteiger partial charge in [0.05, 0.1) is 0 Å². The van der Waals surface area contributed by atoms with Gasteiger partial charge in [0.1, 0.15) is 0 Å². The minimum atomic E-state index is 0.513. The van der Waals surface area contributed by atoms with Crippen molar-refractivity contribution in [3.8, 4) is 0 Å². The van der Waals surface area contributed by atoms with Gasteiger partial charge < -0.3 is 5.32 Å². The van der Waals surface area contributed by atoms with Crippen LogP contribution < -0.4 is 5.32 Å². The van der Waals surface area contributed by atoms with Crippen molar-refractivity contribution in [3.63, 3.8) is 0 Å². The standard InChI is InChI=1S/C11H14N2/c1-2-9(7-12-4-1)11-3-5-13-8-10(11)6-11/h1-2,4,7,10,13H,3,5-6,8H2. The SMILES string of the molecule is c1cncc(C23CCNCC2C3)c1. The molecule has 1 aliphatic carbocycles. The molecule has 2 aliphatic rings. The lowest BCUT2D eigenvalue weighted by Crippen LogP contribution is -2.31. The summed E-state index contributed by atoms with van der Waals surface area (Å²) >= 11 is 0. The fourth-order valence-corrected chi connectivity index (χ4v) is 2.70. The molecule has 2 fully saturated rings. The van der Waals surface area contributed by atoms with Gasteiger partial charge in [0.15, 0.2) is 0 Å². The van der Waals surface area contributed by atoms with Crippen molar-refractivity contribution in [2.45, 2.75) is 18.3 Å². The van der Waals surface area contributed by atoms with Gasteiger partial charge in [-0.1, -0.05) is 6.07 Å². The van der Waals surface area contributed by atoms with E-state index < -0.39 is 0 Å². The van der Waals surface area contributed by atoms with Crippen molar-refractivity contribution >= 4 is 0 Å². The van der Waals surface area contributed by atoms with Crippen LogP contribution in [0.2, 0.25) is 0 Å². The van der Waals surface area contributed by atoms with Gasteiger partial charge in [0.25, 0.3) is 0 Å². The molecule has 3 rings (SSSR count). The Kier molecular flexibility index (Phi) is 1.47. The van der Waals surface area contributed by atoms with Crippen molar-refractivity contribution in [2.24, 2.45) is 5.92 Å². The molecule has 0 radical (unpaired) electrons. The highest BCUT2D eigenvalue weighted by atomic mass is 14.9. The second kappa shape index (κ2) is 2.55. The maximum absolute atomic E-state index is 4.21. The number of pyridine rings is 1. The predicted octanol–water partition coefficient (Wildman–Crippen LogP) is 1.33. The van der Waals surface area contributed by atoms with Crippen LogP contribution in [0, 0.1) is 5.92 Å². The molecule has 1 N–H and O–H groups in total. The third-order valence-corrected chi connectivity index (χ3v) is 3.61. The van der Waals surface area contributed by atoms with E-state index in [0.29, 0.717) is 5.41 Å². The quantitative estimate of drug-likeness (QED) is 0.695. The predicted molar refractivity (Wildman–Crippen MR) is 51.5 cm³/mol. The first-order chi connectivity index (χ1) is 6.42. The van der Waals surface area contributed by atoms with E-state index in [-0.39, 0.29) is 0 Å². The Morgan fingerprint density at radius 1 is 1.54 bits per heavy atom. The zero-order chi connectivity index (χ0) is 8.73. The van der Waals surface area contributed by atoms with Crippen LogP contribution in [0.15, 0.2) is 24.5 Å². The fraction of sp³-hybridized carbons (Fsp3) is 0.545. The minimum Gasteiger partial charge on any atom is -0.316 e. The van der Waals surface area contributed by atoms with Crippen molar-refractivity contribution in [3.05, 3.63) is 30.1 Å². The molecule has 1 aliphatic heterocycles. The Morgan fingerprint density at radius 3 is 3.31 bits per heavy atom. The topological polar surface area (TPSA) is 24.9 Å². The van der Waals surface area contributed by atoms with Gasteiger partial charge in [-0.25, -0.2) is 0 Å². The summed E-state index contributed by atoms with van der Waals surface area (Å²) in [4.78, 5) is 4.21. The number of aromatic nitrogens is 1. The Hall–Kier alpha value is -0.890. The highest BCUT2D eigenvalue weighted by Crippen LogP contribution is 2.57. The number of nitrogens with one attached hydrogen (secondary N) is 1. The Morgan fingerprint density at radius 2 is 2.54 bits per heavy atom. The smallest absolute Gasteiger partial charge is 0.0305 e. The summed E-state index contributed by atoms with van der Waals surface area (Å²) in [5.41, 5.74) is 1.97. The van der Waals surface area contributed by atoms with Crippen LogP contribution in [0.5, 0.6) is 0 Å². The lowest BCUT2D eigenvalue weighted by atomic mass is 9.89.